The van der Waals surface area contributed by atoms with E-state index < -0.39 is 38.3 Å². The van der Waals surface area contributed by atoms with Crippen molar-refractivity contribution in [3.8, 4) is 0 Å². The first kappa shape index (κ1) is 25.4. The Labute approximate surface area is 186 Å². The lowest BCUT2D eigenvalue weighted by atomic mass is 9.98. The third-order valence-corrected chi connectivity index (χ3v) is 12.3. The van der Waals surface area contributed by atoms with Gasteiger partial charge >= 0.3 is 12.1 Å². The smallest absolute Gasteiger partial charge is 0.454 e. The van der Waals surface area contributed by atoms with Crippen molar-refractivity contribution in [2.45, 2.75) is 89.5 Å². The van der Waals surface area contributed by atoms with Crippen molar-refractivity contribution in [3.05, 3.63) is 35.9 Å². The van der Waals surface area contributed by atoms with Gasteiger partial charge in [0.05, 0.1) is 6.61 Å². The van der Waals surface area contributed by atoms with Crippen LogP contribution in [0.5, 0.6) is 0 Å². The molecular weight excluding hydrogens is 416 g/mol. The minimum absolute atomic E-state index is 0.0224. The van der Waals surface area contributed by atoms with E-state index in [2.05, 4.69) is 41.5 Å². The average Bonchev–Trinajstić information content (AvgIpc) is 2.90. The number of aliphatic hydroxyl groups is 1. The first-order chi connectivity index (χ1) is 14.4. The molecule has 8 heteroatoms. The molecule has 31 heavy (non-hydrogen) atoms. The molecule has 0 aromatic heterocycles. The molecule has 1 aliphatic rings. The van der Waals surface area contributed by atoms with E-state index in [1.165, 1.54) is 6.92 Å². The van der Waals surface area contributed by atoms with Crippen LogP contribution in [0.15, 0.2) is 30.3 Å². The fourth-order valence-corrected chi connectivity index (χ4v) is 10.1. The predicted octanol–water partition coefficient (Wildman–Crippen LogP) is 4.58. The number of rotatable bonds is 9. The maximum absolute atomic E-state index is 12.3. The van der Waals surface area contributed by atoms with E-state index in [1.54, 1.807) is 0 Å². The molecule has 1 N–H and O–H groups in total. The van der Waals surface area contributed by atoms with Crippen LogP contribution in [0.1, 0.15) is 54.0 Å². The number of benzene rings is 1. The Morgan fingerprint density at radius 1 is 1.10 bits per heavy atom. The molecule has 0 saturated carbocycles. The summed E-state index contributed by atoms with van der Waals surface area (Å²) in [4.78, 5) is 24.5. The minimum atomic E-state index is -2.24. The second-order valence-corrected chi connectivity index (χ2v) is 14.7. The van der Waals surface area contributed by atoms with Gasteiger partial charge in [0.1, 0.15) is 6.61 Å². The quantitative estimate of drug-likeness (QED) is 0.433. The topological polar surface area (TPSA) is 91.3 Å². The highest BCUT2D eigenvalue weighted by molar-refractivity contribution is 6.77. The largest absolute Gasteiger partial charge is 0.509 e. The number of hydrogen-bond donors (Lipinski definition) is 1. The molecule has 2 rings (SSSR count). The molecular formula is C23H36O7Si. The normalized spacial score (nSPS) is 24.0. The zero-order valence-electron chi connectivity index (χ0n) is 19.6. The first-order valence-corrected chi connectivity index (χ1v) is 13.0. The highest BCUT2D eigenvalue weighted by Gasteiger charge is 2.57. The van der Waals surface area contributed by atoms with Gasteiger partial charge < -0.3 is 23.7 Å². The monoisotopic (exact) mass is 452 g/mol. The van der Waals surface area contributed by atoms with Crippen LogP contribution in [-0.2, 0) is 30.0 Å². The molecule has 1 aromatic rings. The van der Waals surface area contributed by atoms with Crippen molar-refractivity contribution in [1.82, 2.24) is 0 Å². The first-order valence-electron chi connectivity index (χ1n) is 10.9. The van der Waals surface area contributed by atoms with Gasteiger partial charge in [0.15, 0.2) is 17.8 Å². The molecule has 1 saturated heterocycles. The average molecular weight is 453 g/mol. The summed E-state index contributed by atoms with van der Waals surface area (Å²) in [7, 11) is -2.24. The third-order valence-electron chi connectivity index (χ3n) is 6.19. The van der Waals surface area contributed by atoms with E-state index >= 15 is 0 Å². The highest BCUT2D eigenvalue weighted by atomic mass is 28.4. The number of hydrogen-bond acceptors (Lipinski definition) is 7. The number of cyclic esters (lactones) is 1. The summed E-state index contributed by atoms with van der Waals surface area (Å²) in [6.07, 6.45) is -3.10. The zero-order valence-corrected chi connectivity index (χ0v) is 20.6. The van der Waals surface area contributed by atoms with E-state index in [0.29, 0.717) is 16.6 Å². The van der Waals surface area contributed by atoms with Gasteiger partial charge in [-0.2, -0.15) is 0 Å². The summed E-state index contributed by atoms with van der Waals surface area (Å²) in [6.45, 7) is 14.3. The van der Waals surface area contributed by atoms with Crippen molar-refractivity contribution in [3.63, 3.8) is 0 Å². The van der Waals surface area contributed by atoms with E-state index in [0.717, 1.165) is 5.56 Å². The Morgan fingerprint density at radius 3 is 2.16 bits per heavy atom. The Kier molecular flexibility index (Phi) is 8.30. The van der Waals surface area contributed by atoms with Crippen LogP contribution in [0.3, 0.4) is 0 Å². The van der Waals surface area contributed by atoms with Gasteiger partial charge in [-0.05, 0) is 29.1 Å². The molecule has 0 radical (unpaired) electrons. The standard InChI is InChI=1S/C23H36O7Si/c1-15(2)31(16(3)4,17(5)6)28-14-19-20(23(7,26)21(24)29-19)30-22(25)27-13-18-11-9-8-10-12-18/h8-12,15-17,19-20,26H,13-14H2,1-7H3/t19-,20-,23+/m1/s1. The molecule has 0 amide bonds. The summed E-state index contributed by atoms with van der Waals surface area (Å²) < 4.78 is 22.4. The van der Waals surface area contributed by atoms with Crippen LogP contribution < -0.4 is 0 Å². The van der Waals surface area contributed by atoms with Crippen LogP contribution in [0.25, 0.3) is 0 Å². The maximum atomic E-state index is 12.3. The minimum Gasteiger partial charge on any atom is -0.454 e. The molecule has 1 fully saturated rings. The molecule has 7 nitrogen and oxygen atoms in total. The summed E-state index contributed by atoms with van der Waals surface area (Å²) in [5.41, 5.74) is -0.176. The fourth-order valence-electron chi connectivity index (χ4n) is 4.69. The molecule has 3 atom stereocenters. The third kappa shape index (κ3) is 5.48. The summed E-state index contributed by atoms with van der Waals surface area (Å²) in [6, 6.07) is 9.16. The van der Waals surface area contributed by atoms with Gasteiger partial charge in [-0.3, -0.25) is 0 Å². The molecule has 1 aliphatic heterocycles. The van der Waals surface area contributed by atoms with Gasteiger partial charge in [0.25, 0.3) is 0 Å². The van der Waals surface area contributed by atoms with Crippen molar-refractivity contribution < 1.29 is 33.3 Å². The highest BCUT2D eigenvalue weighted by Crippen LogP contribution is 2.43. The van der Waals surface area contributed by atoms with E-state index in [1.807, 2.05) is 30.3 Å². The zero-order chi connectivity index (χ0) is 23.4. The van der Waals surface area contributed by atoms with Gasteiger partial charge in [0, 0.05) is 0 Å². The van der Waals surface area contributed by atoms with E-state index in [-0.39, 0.29) is 13.2 Å². The molecule has 0 unspecified atom stereocenters. The second-order valence-electron chi connectivity index (χ2n) is 9.28. The Morgan fingerprint density at radius 2 is 1.65 bits per heavy atom. The second kappa shape index (κ2) is 10.1. The van der Waals surface area contributed by atoms with Gasteiger partial charge in [0.2, 0.25) is 8.32 Å². The molecule has 1 heterocycles. The maximum Gasteiger partial charge on any atom is 0.509 e. The molecule has 0 bridgehead atoms. The number of carbonyl (C=O) groups excluding carboxylic acids is 2. The van der Waals surface area contributed by atoms with Gasteiger partial charge in [-0.1, -0.05) is 71.9 Å². The number of ether oxygens (including phenoxy) is 3. The Hall–Kier alpha value is -1.90. The summed E-state index contributed by atoms with van der Waals surface area (Å²) in [5.74, 6) is -0.840. The SMILES string of the molecule is CC(C)[Si](OC[C@H]1OC(=O)[C@@](C)(O)[C@@H]1OC(=O)OCc1ccccc1)(C(C)C)C(C)C. The van der Waals surface area contributed by atoms with E-state index in [4.69, 9.17) is 18.6 Å². The molecule has 1 aromatic carbocycles. The number of carbonyl (C=O) groups is 2. The van der Waals surface area contributed by atoms with Crippen LogP contribution in [0, 0.1) is 0 Å². The molecule has 174 valence electrons. The lowest BCUT2D eigenvalue weighted by molar-refractivity contribution is -0.155. The summed E-state index contributed by atoms with van der Waals surface area (Å²) >= 11 is 0. The van der Waals surface area contributed by atoms with Crippen LogP contribution >= 0.6 is 0 Å². The van der Waals surface area contributed by atoms with Crippen molar-refractivity contribution in [1.29, 1.82) is 0 Å². The Bertz CT molecular complexity index is 724. The lowest BCUT2D eigenvalue weighted by Gasteiger charge is -2.42. The van der Waals surface area contributed by atoms with Crippen LogP contribution in [0.2, 0.25) is 16.6 Å². The van der Waals surface area contributed by atoms with Gasteiger partial charge in [-0.25, -0.2) is 9.59 Å². The number of esters is 1. The Balaban J connectivity index is 2.11. The molecule has 0 spiro atoms. The summed E-state index contributed by atoms with van der Waals surface area (Å²) in [5, 5.41) is 10.6. The lowest BCUT2D eigenvalue weighted by Crippen LogP contribution is -2.51. The van der Waals surface area contributed by atoms with Crippen molar-refractivity contribution in [2.75, 3.05) is 6.61 Å². The van der Waals surface area contributed by atoms with Crippen molar-refractivity contribution >= 4 is 20.4 Å². The van der Waals surface area contributed by atoms with E-state index in [9.17, 15) is 14.7 Å². The predicted molar refractivity (Wildman–Crippen MR) is 119 cm³/mol. The molecule has 0 aliphatic carbocycles. The van der Waals surface area contributed by atoms with Crippen LogP contribution in [-0.4, -0.2) is 50.0 Å². The fraction of sp³-hybridized carbons (Fsp3) is 0.652. The van der Waals surface area contributed by atoms with Crippen LogP contribution in [0.4, 0.5) is 4.79 Å². The van der Waals surface area contributed by atoms with Gasteiger partial charge in [-0.15, -0.1) is 0 Å². The van der Waals surface area contributed by atoms with Crippen molar-refractivity contribution in [2.24, 2.45) is 0 Å².